The molecule has 1 aliphatic rings. The third kappa shape index (κ3) is 4.95. The van der Waals surface area contributed by atoms with Crippen LogP contribution in [0.4, 0.5) is 24.5 Å². The zero-order valence-electron chi connectivity index (χ0n) is 17.8. The summed E-state index contributed by atoms with van der Waals surface area (Å²) in [5, 5.41) is 3.05. The van der Waals surface area contributed by atoms with Gasteiger partial charge in [0.05, 0.1) is 11.6 Å². The number of hydrogen-bond donors (Lipinski definition) is 1. The largest absolute Gasteiger partial charge is 0.416 e. The minimum absolute atomic E-state index is 0.0717. The molecule has 162 valence electrons. The van der Waals surface area contributed by atoms with E-state index in [1.807, 2.05) is 44.7 Å². The standard InChI is InChI=1S/C23H28F3N3O/c1-15-12-16(2)21(17(3)13-15)27-22(30)18(4)28-8-10-29(11-9-28)20-7-5-6-19(14-20)23(24,25)26/h5-7,12-14,18H,8-11H2,1-4H3,(H,27,30)/t18-/m0/s1. The van der Waals surface area contributed by atoms with Gasteiger partial charge in [0.1, 0.15) is 0 Å². The summed E-state index contributed by atoms with van der Waals surface area (Å²) in [7, 11) is 0. The average Bonchev–Trinajstić information content (AvgIpc) is 2.69. The van der Waals surface area contributed by atoms with Crippen molar-refractivity contribution in [3.63, 3.8) is 0 Å². The molecule has 1 aliphatic heterocycles. The monoisotopic (exact) mass is 419 g/mol. The quantitative estimate of drug-likeness (QED) is 0.775. The van der Waals surface area contributed by atoms with Crippen molar-refractivity contribution in [1.29, 1.82) is 0 Å². The molecule has 7 heteroatoms. The number of carbonyl (C=O) groups is 1. The van der Waals surface area contributed by atoms with Gasteiger partial charge in [-0.2, -0.15) is 13.2 Å². The van der Waals surface area contributed by atoms with Crippen LogP contribution in [-0.4, -0.2) is 43.0 Å². The molecule has 0 bridgehead atoms. The molecule has 0 aromatic heterocycles. The van der Waals surface area contributed by atoms with Crippen molar-refractivity contribution in [2.24, 2.45) is 0 Å². The van der Waals surface area contributed by atoms with Crippen LogP contribution in [0.2, 0.25) is 0 Å². The van der Waals surface area contributed by atoms with E-state index in [1.165, 1.54) is 12.1 Å². The number of nitrogens with zero attached hydrogens (tertiary/aromatic N) is 2. The van der Waals surface area contributed by atoms with Crippen molar-refractivity contribution in [3.05, 3.63) is 58.7 Å². The lowest BCUT2D eigenvalue weighted by molar-refractivity contribution is -0.137. The Morgan fingerprint density at radius 1 is 1.00 bits per heavy atom. The Kier molecular flexibility index (Phi) is 6.41. The van der Waals surface area contributed by atoms with Gasteiger partial charge in [-0.05, 0) is 57.0 Å². The van der Waals surface area contributed by atoms with Gasteiger partial charge in [0, 0.05) is 37.6 Å². The van der Waals surface area contributed by atoms with Crippen molar-refractivity contribution in [2.75, 3.05) is 36.4 Å². The fourth-order valence-electron chi connectivity index (χ4n) is 4.02. The van der Waals surface area contributed by atoms with E-state index in [1.54, 1.807) is 6.07 Å². The van der Waals surface area contributed by atoms with E-state index < -0.39 is 11.7 Å². The summed E-state index contributed by atoms with van der Waals surface area (Å²) in [4.78, 5) is 16.8. The first kappa shape index (κ1) is 22.2. The van der Waals surface area contributed by atoms with Gasteiger partial charge >= 0.3 is 6.18 Å². The number of piperazine rings is 1. The second-order valence-corrected chi connectivity index (χ2v) is 8.01. The molecule has 4 nitrogen and oxygen atoms in total. The van der Waals surface area contributed by atoms with Crippen LogP contribution in [0.25, 0.3) is 0 Å². The van der Waals surface area contributed by atoms with Crippen LogP contribution in [0.5, 0.6) is 0 Å². The van der Waals surface area contributed by atoms with Gasteiger partial charge in [0.2, 0.25) is 5.91 Å². The van der Waals surface area contributed by atoms with E-state index in [0.717, 1.165) is 28.4 Å². The molecule has 0 unspecified atom stereocenters. The predicted octanol–water partition coefficient (Wildman–Crippen LogP) is 4.78. The Bertz CT molecular complexity index is 895. The number of rotatable bonds is 4. The third-order valence-electron chi connectivity index (χ3n) is 5.71. The molecular weight excluding hydrogens is 391 g/mol. The smallest absolute Gasteiger partial charge is 0.369 e. The number of anilines is 2. The number of halogens is 3. The van der Waals surface area contributed by atoms with E-state index in [0.29, 0.717) is 31.9 Å². The summed E-state index contributed by atoms with van der Waals surface area (Å²) in [6, 6.07) is 9.17. The topological polar surface area (TPSA) is 35.6 Å². The van der Waals surface area contributed by atoms with E-state index in [2.05, 4.69) is 10.2 Å². The molecule has 0 spiro atoms. The van der Waals surface area contributed by atoms with Crippen molar-refractivity contribution < 1.29 is 18.0 Å². The van der Waals surface area contributed by atoms with E-state index >= 15 is 0 Å². The molecule has 3 rings (SSSR count). The van der Waals surface area contributed by atoms with E-state index in [9.17, 15) is 18.0 Å². The zero-order valence-corrected chi connectivity index (χ0v) is 17.8. The van der Waals surface area contributed by atoms with Gasteiger partial charge in [0.25, 0.3) is 0 Å². The summed E-state index contributed by atoms with van der Waals surface area (Å²) < 4.78 is 38.9. The van der Waals surface area contributed by atoms with Crippen LogP contribution in [-0.2, 0) is 11.0 Å². The molecule has 1 N–H and O–H groups in total. The minimum atomic E-state index is -4.35. The molecule has 0 aliphatic carbocycles. The highest BCUT2D eigenvalue weighted by molar-refractivity contribution is 5.96. The van der Waals surface area contributed by atoms with Crippen LogP contribution in [0.1, 0.15) is 29.2 Å². The molecule has 1 fully saturated rings. The highest BCUT2D eigenvalue weighted by atomic mass is 19.4. The number of nitrogens with one attached hydrogen (secondary N) is 1. The van der Waals surface area contributed by atoms with Crippen molar-refractivity contribution in [2.45, 2.75) is 39.9 Å². The highest BCUT2D eigenvalue weighted by Crippen LogP contribution is 2.32. The fourth-order valence-corrected chi connectivity index (χ4v) is 4.02. The second kappa shape index (κ2) is 8.68. The van der Waals surface area contributed by atoms with Gasteiger partial charge in [-0.25, -0.2) is 0 Å². The van der Waals surface area contributed by atoms with E-state index in [4.69, 9.17) is 0 Å². The molecule has 2 aromatic rings. The molecule has 1 amide bonds. The Hall–Kier alpha value is -2.54. The summed E-state index contributed by atoms with van der Waals surface area (Å²) in [6.45, 7) is 10.2. The van der Waals surface area contributed by atoms with Crippen LogP contribution < -0.4 is 10.2 Å². The van der Waals surface area contributed by atoms with Crippen LogP contribution >= 0.6 is 0 Å². The molecule has 1 atom stereocenters. The Balaban J connectivity index is 1.62. The normalized spacial score (nSPS) is 16.4. The maximum atomic E-state index is 13.0. The number of benzene rings is 2. The number of aryl methyl sites for hydroxylation is 3. The number of alkyl halides is 3. The lowest BCUT2D eigenvalue weighted by Crippen LogP contribution is -2.53. The highest BCUT2D eigenvalue weighted by Gasteiger charge is 2.31. The Morgan fingerprint density at radius 2 is 1.60 bits per heavy atom. The van der Waals surface area contributed by atoms with Crippen LogP contribution in [0.15, 0.2) is 36.4 Å². The Labute approximate surface area is 175 Å². The SMILES string of the molecule is Cc1cc(C)c(NC(=O)[C@H](C)N2CCN(c3cccc(C(F)(F)F)c3)CC2)c(C)c1. The molecule has 30 heavy (non-hydrogen) atoms. The van der Waals surface area contributed by atoms with Crippen molar-refractivity contribution in [3.8, 4) is 0 Å². The number of carbonyl (C=O) groups excluding carboxylic acids is 1. The lowest BCUT2D eigenvalue weighted by atomic mass is 10.0. The molecule has 1 saturated heterocycles. The van der Waals surface area contributed by atoms with Crippen LogP contribution in [0, 0.1) is 20.8 Å². The first-order chi connectivity index (χ1) is 14.1. The van der Waals surface area contributed by atoms with Crippen molar-refractivity contribution in [1.82, 2.24) is 4.90 Å². The summed E-state index contributed by atoms with van der Waals surface area (Å²) >= 11 is 0. The Morgan fingerprint density at radius 3 is 2.17 bits per heavy atom. The molecular formula is C23H28F3N3O. The summed E-state index contributed by atoms with van der Waals surface area (Å²) in [6.07, 6.45) is -4.35. The maximum absolute atomic E-state index is 13.0. The first-order valence-corrected chi connectivity index (χ1v) is 10.1. The molecule has 0 radical (unpaired) electrons. The summed E-state index contributed by atoms with van der Waals surface area (Å²) in [5.74, 6) is -0.0717. The fraction of sp³-hybridized carbons (Fsp3) is 0.435. The van der Waals surface area contributed by atoms with Gasteiger partial charge in [-0.1, -0.05) is 23.8 Å². The maximum Gasteiger partial charge on any atom is 0.416 e. The molecule has 0 saturated carbocycles. The van der Waals surface area contributed by atoms with Gasteiger partial charge in [0.15, 0.2) is 0 Å². The second-order valence-electron chi connectivity index (χ2n) is 8.01. The third-order valence-corrected chi connectivity index (χ3v) is 5.71. The first-order valence-electron chi connectivity index (χ1n) is 10.1. The average molecular weight is 419 g/mol. The predicted molar refractivity (Wildman–Crippen MR) is 114 cm³/mol. The van der Waals surface area contributed by atoms with Crippen molar-refractivity contribution >= 4 is 17.3 Å². The van der Waals surface area contributed by atoms with Gasteiger partial charge < -0.3 is 10.2 Å². The number of amides is 1. The lowest BCUT2D eigenvalue weighted by Gasteiger charge is -2.38. The van der Waals surface area contributed by atoms with Crippen LogP contribution in [0.3, 0.4) is 0 Å². The number of hydrogen-bond acceptors (Lipinski definition) is 3. The summed E-state index contributed by atoms with van der Waals surface area (Å²) in [5.41, 5.74) is 3.98. The minimum Gasteiger partial charge on any atom is -0.369 e. The van der Waals surface area contributed by atoms with Gasteiger partial charge in [-0.15, -0.1) is 0 Å². The van der Waals surface area contributed by atoms with E-state index in [-0.39, 0.29) is 11.9 Å². The molecule has 2 aromatic carbocycles. The zero-order chi connectivity index (χ0) is 22.1. The van der Waals surface area contributed by atoms with Gasteiger partial charge in [-0.3, -0.25) is 9.69 Å². The molecule has 1 heterocycles.